The molecule has 144 valence electrons. The third-order valence-corrected chi connectivity index (χ3v) is 5.92. The maximum absolute atomic E-state index is 13.2. The molecular formula is C21H24N6O. The van der Waals surface area contributed by atoms with Gasteiger partial charge in [0.1, 0.15) is 5.82 Å². The lowest BCUT2D eigenvalue weighted by molar-refractivity contribution is 0.0707. The van der Waals surface area contributed by atoms with Crippen molar-refractivity contribution in [3.8, 4) is 0 Å². The van der Waals surface area contributed by atoms with Crippen molar-refractivity contribution in [3.63, 3.8) is 0 Å². The molecule has 0 unspecified atom stereocenters. The summed E-state index contributed by atoms with van der Waals surface area (Å²) in [5.74, 6) is 2.42. The van der Waals surface area contributed by atoms with E-state index in [1.54, 1.807) is 6.20 Å². The van der Waals surface area contributed by atoms with Crippen LogP contribution in [0.4, 0.5) is 0 Å². The third-order valence-electron chi connectivity index (χ3n) is 5.92. The van der Waals surface area contributed by atoms with Crippen LogP contribution in [-0.2, 0) is 13.1 Å². The molecule has 0 bridgehead atoms. The molecule has 1 atom stereocenters. The highest BCUT2D eigenvalue weighted by atomic mass is 16.2. The Bertz CT molecular complexity index is 1020. The summed E-state index contributed by atoms with van der Waals surface area (Å²) in [6.45, 7) is 4.10. The average molecular weight is 376 g/mol. The Labute approximate surface area is 164 Å². The molecule has 1 saturated heterocycles. The van der Waals surface area contributed by atoms with Crippen molar-refractivity contribution in [2.75, 3.05) is 26.7 Å². The number of fused-ring (bicyclic) bond motifs is 2. The molecule has 5 rings (SSSR count). The standard InChI is InChI=1S/C21H24N6O/c1-25-10-4-7-16(13-25)20-24-23-18-14-26(11-12-27(18)20)21(28)17-8-2-5-15-6-3-9-22-19(15)17/h2-3,5-6,8-9,16H,4,7,10-14H2,1H3/t16-/m1/s1. The first-order chi connectivity index (χ1) is 13.7. The van der Waals surface area contributed by atoms with Crippen LogP contribution in [0.3, 0.4) is 0 Å². The number of nitrogens with zero attached hydrogens (tertiary/aromatic N) is 6. The van der Waals surface area contributed by atoms with Gasteiger partial charge in [0.15, 0.2) is 5.82 Å². The number of likely N-dealkylation sites (tertiary alicyclic amines) is 1. The van der Waals surface area contributed by atoms with Crippen molar-refractivity contribution in [2.24, 2.45) is 0 Å². The molecule has 7 heteroatoms. The Hall–Kier alpha value is -2.80. The summed E-state index contributed by atoms with van der Waals surface area (Å²) in [6, 6.07) is 9.64. The molecule has 0 saturated carbocycles. The van der Waals surface area contributed by atoms with E-state index in [4.69, 9.17) is 0 Å². The van der Waals surface area contributed by atoms with Crippen molar-refractivity contribution in [2.45, 2.75) is 31.8 Å². The van der Waals surface area contributed by atoms with Gasteiger partial charge in [0.05, 0.1) is 17.6 Å². The summed E-state index contributed by atoms with van der Waals surface area (Å²) >= 11 is 0. The molecule has 1 amide bonds. The molecule has 4 heterocycles. The van der Waals surface area contributed by atoms with E-state index in [0.29, 0.717) is 24.6 Å². The van der Waals surface area contributed by atoms with Crippen LogP contribution in [0.5, 0.6) is 0 Å². The van der Waals surface area contributed by atoms with Gasteiger partial charge in [-0.15, -0.1) is 10.2 Å². The largest absolute Gasteiger partial charge is 0.329 e. The summed E-state index contributed by atoms with van der Waals surface area (Å²) < 4.78 is 2.23. The van der Waals surface area contributed by atoms with Crippen molar-refractivity contribution in [3.05, 3.63) is 53.7 Å². The highest BCUT2D eigenvalue weighted by Gasteiger charge is 2.30. The second kappa shape index (κ2) is 6.98. The molecule has 2 aromatic heterocycles. The lowest BCUT2D eigenvalue weighted by Gasteiger charge is -2.32. The van der Waals surface area contributed by atoms with Gasteiger partial charge in [-0.1, -0.05) is 18.2 Å². The fraction of sp³-hybridized carbons (Fsp3) is 0.429. The molecule has 1 fully saturated rings. The van der Waals surface area contributed by atoms with Gasteiger partial charge in [-0.25, -0.2) is 0 Å². The summed E-state index contributed by atoms with van der Waals surface area (Å²) in [6.07, 6.45) is 4.09. The fourth-order valence-electron chi connectivity index (χ4n) is 4.48. The Morgan fingerprint density at radius 3 is 2.89 bits per heavy atom. The number of piperidine rings is 1. The second-order valence-corrected chi connectivity index (χ2v) is 7.83. The summed E-state index contributed by atoms with van der Waals surface area (Å²) in [5, 5.41) is 9.92. The van der Waals surface area contributed by atoms with E-state index < -0.39 is 0 Å². The van der Waals surface area contributed by atoms with Gasteiger partial charge in [-0.3, -0.25) is 9.78 Å². The molecule has 28 heavy (non-hydrogen) atoms. The minimum atomic E-state index is 0.0116. The number of pyridine rings is 1. The zero-order valence-electron chi connectivity index (χ0n) is 16.1. The molecule has 1 aromatic carbocycles. The number of likely N-dealkylation sites (N-methyl/N-ethyl adjacent to an activating group) is 1. The lowest BCUT2D eigenvalue weighted by atomic mass is 9.97. The van der Waals surface area contributed by atoms with Crippen LogP contribution in [0.2, 0.25) is 0 Å². The molecule has 2 aliphatic heterocycles. The van der Waals surface area contributed by atoms with Crippen LogP contribution in [0, 0.1) is 0 Å². The van der Waals surface area contributed by atoms with Crippen molar-refractivity contribution in [1.29, 1.82) is 0 Å². The van der Waals surface area contributed by atoms with Gasteiger partial charge in [0.25, 0.3) is 5.91 Å². The van der Waals surface area contributed by atoms with Gasteiger partial charge in [0, 0.05) is 37.1 Å². The lowest BCUT2D eigenvalue weighted by Crippen LogP contribution is -2.39. The minimum Gasteiger partial charge on any atom is -0.329 e. The van der Waals surface area contributed by atoms with Gasteiger partial charge >= 0.3 is 0 Å². The fourth-order valence-corrected chi connectivity index (χ4v) is 4.48. The van der Waals surface area contributed by atoms with Gasteiger partial charge in [-0.2, -0.15) is 0 Å². The van der Waals surface area contributed by atoms with Crippen LogP contribution in [-0.4, -0.2) is 62.1 Å². The molecule has 3 aromatic rings. The number of aromatic nitrogens is 4. The zero-order chi connectivity index (χ0) is 19.1. The summed E-state index contributed by atoms with van der Waals surface area (Å²) in [7, 11) is 2.16. The Morgan fingerprint density at radius 1 is 1.11 bits per heavy atom. The average Bonchev–Trinajstić information content (AvgIpc) is 3.16. The first-order valence-electron chi connectivity index (χ1n) is 9.94. The summed E-state index contributed by atoms with van der Waals surface area (Å²) in [4.78, 5) is 21.9. The molecule has 0 spiro atoms. The molecular weight excluding hydrogens is 352 g/mol. The SMILES string of the molecule is CN1CCC[C@@H](c2nnc3n2CCN(C(=O)c2cccc4cccnc24)C3)C1. The third kappa shape index (κ3) is 2.96. The number of amides is 1. The van der Waals surface area contributed by atoms with Gasteiger partial charge in [0.2, 0.25) is 0 Å². The predicted octanol–water partition coefficient (Wildman–Crippen LogP) is 2.29. The molecule has 0 aliphatic carbocycles. The molecule has 0 radical (unpaired) electrons. The Balaban J connectivity index is 1.40. The number of carbonyl (C=O) groups is 1. The molecule has 0 N–H and O–H groups in total. The van der Waals surface area contributed by atoms with E-state index in [1.165, 1.54) is 6.42 Å². The monoisotopic (exact) mass is 376 g/mol. The van der Waals surface area contributed by atoms with Crippen LogP contribution in [0.25, 0.3) is 10.9 Å². The van der Waals surface area contributed by atoms with Gasteiger partial charge < -0.3 is 14.4 Å². The van der Waals surface area contributed by atoms with E-state index in [0.717, 1.165) is 48.6 Å². The predicted molar refractivity (Wildman–Crippen MR) is 106 cm³/mol. The summed E-state index contributed by atoms with van der Waals surface area (Å²) in [5.41, 5.74) is 1.41. The highest BCUT2D eigenvalue weighted by Crippen LogP contribution is 2.27. The maximum Gasteiger partial charge on any atom is 0.256 e. The first-order valence-corrected chi connectivity index (χ1v) is 9.94. The van der Waals surface area contributed by atoms with E-state index in [-0.39, 0.29) is 5.91 Å². The normalized spacial score (nSPS) is 20.3. The van der Waals surface area contributed by atoms with E-state index in [1.807, 2.05) is 35.2 Å². The first kappa shape index (κ1) is 17.3. The van der Waals surface area contributed by atoms with Crippen molar-refractivity contribution < 1.29 is 4.79 Å². The number of carbonyl (C=O) groups excluding carboxylic acids is 1. The molecule has 7 nitrogen and oxygen atoms in total. The van der Waals surface area contributed by atoms with Crippen LogP contribution >= 0.6 is 0 Å². The zero-order valence-corrected chi connectivity index (χ0v) is 16.1. The molecule has 2 aliphatic rings. The highest BCUT2D eigenvalue weighted by molar-refractivity contribution is 6.05. The number of benzene rings is 1. The van der Waals surface area contributed by atoms with Crippen LogP contribution < -0.4 is 0 Å². The second-order valence-electron chi connectivity index (χ2n) is 7.83. The van der Waals surface area contributed by atoms with Crippen LogP contribution in [0.15, 0.2) is 36.5 Å². The number of hydrogen-bond acceptors (Lipinski definition) is 5. The topological polar surface area (TPSA) is 67.2 Å². The van der Waals surface area contributed by atoms with Crippen molar-refractivity contribution in [1.82, 2.24) is 29.5 Å². The van der Waals surface area contributed by atoms with Crippen molar-refractivity contribution >= 4 is 16.8 Å². The number of para-hydroxylation sites is 1. The van der Waals surface area contributed by atoms with E-state index >= 15 is 0 Å². The van der Waals surface area contributed by atoms with E-state index in [2.05, 4.69) is 31.7 Å². The number of hydrogen-bond donors (Lipinski definition) is 0. The van der Waals surface area contributed by atoms with Gasteiger partial charge in [-0.05, 0) is 38.6 Å². The quantitative estimate of drug-likeness (QED) is 0.687. The number of rotatable bonds is 2. The van der Waals surface area contributed by atoms with Crippen LogP contribution in [0.1, 0.15) is 40.8 Å². The Kier molecular flexibility index (Phi) is 4.31. The maximum atomic E-state index is 13.2. The Morgan fingerprint density at radius 2 is 2.00 bits per heavy atom. The van der Waals surface area contributed by atoms with E-state index in [9.17, 15) is 4.79 Å². The smallest absolute Gasteiger partial charge is 0.256 e. The minimum absolute atomic E-state index is 0.0116.